The molecule has 16 heavy (non-hydrogen) atoms. The molecule has 0 unspecified atom stereocenters. The highest BCUT2D eigenvalue weighted by Gasteiger charge is 2.22. The Morgan fingerprint density at radius 3 is 2.56 bits per heavy atom. The highest BCUT2D eigenvalue weighted by Crippen LogP contribution is 2.25. The van der Waals surface area contributed by atoms with Crippen molar-refractivity contribution < 1.29 is 18.8 Å². The lowest BCUT2D eigenvalue weighted by molar-refractivity contribution is 0.242. The third-order valence-electron chi connectivity index (χ3n) is 1.90. The van der Waals surface area contributed by atoms with E-state index in [2.05, 4.69) is 4.65 Å². The van der Waals surface area contributed by atoms with Gasteiger partial charge in [-0.25, -0.2) is 4.39 Å². The van der Waals surface area contributed by atoms with Crippen molar-refractivity contribution in [2.24, 2.45) is 0 Å². The van der Waals surface area contributed by atoms with Gasteiger partial charge in [-0.15, -0.1) is 0 Å². The van der Waals surface area contributed by atoms with Crippen molar-refractivity contribution in [3.05, 3.63) is 23.0 Å². The fourth-order valence-corrected chi connectivity index (χ4v) is 1.40. The van der Waals surface area contributed by atoms with Gasteiger partial charge in [-0.05, 0) is 26.0 Å². The summed E-state index contributed by atoms with van der Waals surface area (Å²) in [4.78, 5) is 0. The van der Waals surface area contributed by atoms with E-state index in [1.54, 1.807) is 0 Å². The molecule has 1 aromatic carbocycles. The Hall–Kier alpha value is -0.775. The summed E-state index contributed by atoms with van der Waals surface area (Å²) in [6, 6.07) is 2.43. The third-order valence-corrected chi connectivity index (χ3v) is 2.20. The summed E-state index contributed by atoms with van der Waals surface area (Å²) < 4.78 is 23.4. The molecule has 0 fully saturated rings. The van der Waals surface area contributed by atoms with E-state index in [0.29, 0.717) is 5.75 Å². The van der Waals surface area contributed by atoms with Gasteiger partial charge in [0.15, 0.2) is 0 Å². The molecular formula is C10H13BClFO3. The smallest absolute Gasteiger partial charge is 0.489 e. The second-order valence-electron chi connectivity index (χ2n) is 3.56. The molecule has 0 atom stereocenters. The molecule has 88 valence electrons. The molecule has 1 rings (SSSR count). The Labute approximate surface area is 99.3 Å². The van der Waals surface area contributed by atoms with E-state index in [4.69, 9.17) is 16.3 Å². The number of halogens is 2. The SMILES string of the molecule is COB(O)c1cc(OC(C)C)c(Cl)cc1F. The Balaban J connectivity index is 3.11. The van der Waals surface area contributed by atoms with Crippen LogP contribution in [0.4, 0.5) is 4.39 Å². The Morgan fingerprint density at radius 1 is 1.44 bits per heavy atom. The lowest BCUT2D eigenvalue weighted by Gasteiger charge is -2.14. The van der Waals surface area contributed by atoms with Gasteiger partial charge in [0.25, 0.3) is 0 Å². The van der Waals surface area contributed by atoms with Gasteiger partial charge in [0.1, 0.15) is 11.6 Å². The predicted octanol–water partition coefficient (Wildman–Crippen LogP) is 1.60. The average molecular weight is 246 g/mol. The van der Waals surface area contributed by atoms with Crippen LogP contribution in [-0.4, -0.2) is 25.4 Å². The Bertz CT molecular complexity index is 373. The molecule has 0 aromatic heterocycles. The number of hydrogen-bond acceptors (Lipinski definition) is 3. The van der Waals surface area contributed by atoms with E-state index >= 15 is 0 Å². The van der Waals surface area contributed by atoms with Gasteiger partial charge in [-0.1, -0.05) is 11.6 Å². The Morgan fingerprint density at radius 2 is 2.06 bits per heavy atom. The molecule has 0 aliphatic rings. The first kappa shape index (κ1) is 13.3. The molecule has 0 spiro atoms. The summed E-state index contributed by atoms with van der Waals surface area (Å²) in [6.45, 7) is 3.65. The van der Waals surface area contributed by atoms with Crippen LogP contribution in [0.5, 0.6) is 5.75 Å². The van der Waals surface area contributed by atoms with Crippen LogP contribution in [0.25, 0.3) is 0 Å². The van der Waals surface area contributed by atoms with Gasteiger partial charge in [0.2, 0.25) is 0 Å². The van der Waals surface area contributed by atoms with Gasteiger partial charge in [-0.3, -0.25) is 0 Å². The zero-order chi connectivity index (χ0) is 12.3. The maximum absolute atomic E-state index is 13.4. The molecule has 0 saturated carbocycles. The van der Waals surface area contributed by atoms with Crippen LogP contribution in [0.15, 0.2) is 12.1 Å². The molecule has 3 nitrogen and oxygen atoms in total. The molecular weight excluding hydrogens is 233 g/mol. The minimum Gasteiger partial charge on any atom is -0.489 e. The van der Waals surface area contributed by atoms with Crippen LogP contribution in [-0.2, 0) is 4.65 Å². The lowest BCUT2D eigenvalue weighted by Crippen LogP contribution is -2.35. The van der Waals surface area contributed by atoms with Crippen molar-refractivity contribution in [2.45, 2.75) is 20.0 Å². The topological polar surface area (TPSA) is 38.7 Å². The largest absolute Gasteiger partial charge is 0.494 e. The van der Waals surface area contributed by atoms with Crippen LogP contribution in [0, 0.1) is 5.82 Å². The van der Waals surface area contributed by atoms with Gasteiger partial charge >= 0.3 is 7.12 Å². The molecule has 0 bridgehead atoms. The maximum atomic E-state index is 13.4. The second kappa shape index (κ2) is 5.52. The van der Waals surface area contributed by atoms with Crippen LogP contribution in [0.3, 0.4) is 0 Å². The first-order valence-electron chi connectivity index (χ1n) is 4.82. The number of hydrogen-bond donors (Lipinski definition) is 1. The normalized spacial score (nSPS) is 10.7. The Kier molecular flexibility index (Phi) is 4.59. The van der Waals surface area contributed by atoms with E-state index in [1.165, 1.54) is 13.2 Å². The summed E-state index contributed by atoms with van der Waals surface area (Å²) in [7, 11) is -0.0476. The highest BCUT2D eigenvalue weighted by atomic mass is 35.5. The van der Waals surface area contributed by atoms with Crippen molar-refractivity contribution in [1.82, 2.24) is 0 Å². The van der Waals surface area contributed by atoms with E-state index in [9.17, 15) is 9.41 Å². The van der Waals surface area contributed by atoms with Gasteiger partial charge in [-0.2, -0.15) is 0 Å². The summed E-state index contributed by atoms with van der Waals surface area (Å²) in [5.41, 5.74) is 0.00236. The molecule has 0 aliphatic carbocycles. The summed E-state index contributed by atoms with van der Waals surface area (Å²) in [5, 5.41) is 9.56. The van der Waals surface area contributed by atoms with Crippen molar-refractivity contribution in [1.29, 1.82) is 0 Å². The summed E-state index contributed by atoms with van der Waals surface area (Å²) in [6.07, 6.45) is -0.0875. The summed E-state index contributed by atoms with van der Waals surface area (Å²) in [5.74, 6) is -0.306. The average Bonchev–Trinajstić information content (AvgIpc) is 2.20. The highest BCUT2D eigenvalue weighted by molar-refractivity contribution is 6.60. The van der Waals surface area contributed by atoms with Crippen molar-refractivity contribution in [2.75, 3.05) is 7.11 Å². The van der Waals surface area contributed by atoms with E-state index in [0.717, 1.165) is 6.07 Å². The van der Waals surface area contributed by atoms with Crippen LogP contribution >= 0.6 is 11.6 Å². The molecule has 0 radical (unpaired) electrons. The maximum Gasteiger partial charge on any atom is 0.494 e. The molecule has 1 aromatic rings. The van der Waals surface area contributed by atoms with Gasteiger partial charge < -0.3 is 14.4 Å². The zero-order valence-corrected chi connectivity index (χ0v) is 10.1. The second-order valence-corrected chi connectivity index (χ2v) is 3.97. The molecule has 0 saturated heterocycles. The first-order chi connectivity index (χ1) is 7.45. The fourth-order valence-electron chi connectivity index (χ4n) is 1.21. The standard InChI is InChI=1S/C10H13BClFO3/c1-6(2)16-10-4-7(11(14)15-3)9(13)5-8(10)12/h4-6,14H,1-3H3. The summed E-state index contributed by atoms with van der Waals surface area (Å²) >= 11 is 5.81. The number of benzene rings is 1. The predicted molar refractivity (Wildman–Crippen MR) is 61.8 cm³/mol. The molecule has 0 amide bonds. The van der Waals surface area contributed by atoms with E-state index in [1.807, 2.05) is 13.8 Å². The van der Waals surface area contributed by atoms with E-state index < -0.39 is 12.9 Å². The van der Waals surface area contributed by atoms with Crippen molar-refractivity contribution >= 4 is 24.2 Å². The molecule has 1 N–H and O–H groups in total. The zero-order valence-electron chi connectivity index (χ0n) is 9.33. The van der Waals surface area contributed by atoms with Gasteiger partial charge in [0.05, 0.1) is 11.1 Å². The van der Waals surface area contributed by atoms with Crippen LogP contribution < -0.4 is 10.2 Å². The van der Waals surface area contributed by atoms with Crippen molar-refractivity contribution in [3.8, 4) is 5.75 Å². The minimum atomic E-state index is -1.33. The molecule has 6 heteroatoms. The number of rotatable bonds is 4. The van der Waals surface area contributed by atoms with Gasteiger partial charge in [0, 0.05) is 12.6 Å². The lowest BCUT2D eigenvalue weighted by atomic mass is 9.79. The first-order valence-corrected chi connectivity index (χ1v) is 5.20. The number of ether oxygens (including phenoxy) is 1. The quantitative estimate of drug-likeness (QED) is 0.820. The monoisotopic (exact) mass is 246 g/mol. The van der Waals surface area contributed by atoms with Crippen LogP contribution in [0.1, 0.15) is 13.8 Å². The molecule has 0 heterocycles. The van der Waals surface area contributed by atoms with Crippen molar-refractivity contribution in [3.63, 3.8) is 0 Å². The van der Waals surface area contributed by atoms with E-state index in [-0.39, 0.29) is 16.6 Å². The molecule has 0 aliphatic heterocycles. The minimum absolute atomic E-state index is 0.00236. The fraction of sp³-hybridized carbons (Fsp3) is 0.400. The van der Waals surface area contributed by atoms with Crippen LogP contribution in [0.2, 0.25) is 5.02 Å². The third kappa shape index (κ3) is 3.11.